The molecule has 0 N–H and O–H groups in total. The molecule has 0 atom stereocenters. The highest BCUT2D eigenvalue weighted by Crippen LogP contribution is 2.41. The molecule has 0 radical (unpaired) electrons. The minimum atomic E-state index is -3.04. The molecule has 0 saturated heterocycles. The maximum atomic E-state index is 13.6. The Bertz CT molecular complexity index is 1110. The van der Waals surface area contributed by atoms with E-state index in [-0.39, 0.29) is 24.6 Å². The topological polar surface area (TPSA) is 47.4 Å². The van der Waals surface area contributed by atoms with Crippen molar-refractivity contribution >= 4 is 29.1 Å². The van der Waals surface area contributed by atoms with Gasteiger partial charge in [0.05, 0.1) is 28.8 Å². The quantitative estimate of drug-likeness (QED) is 0.537. The first-order valence-corrected chi connectivity index (χ1v) is 9.94. The van der Waals surface area contributed by atoms with Gasteiger partial charge < -0.3 is 9.64 Å². The van der Waals surface area contributed by atoms with Gasteiger partial charge in [-0.3, -0.25) is 4.79 Å². The van der Waals surface area contributed by atoms with E-state index < -0.39 is 18.4 Å². The number of aromatic nitrogens is 2. The molecule has 156 valence electrons. The number of alkyl halides is 2. The number of amides is 1. The monoisotopic (exact) mass is 451 g/mol. The molecule has 2 aromatic carbocycles. The summed E-state index contributed by atoms with van der Waals surface area (Å²) >= 11 is 12.8. The van der Waals surface area contributed by atoms with Crippen LogP contribution in [0.1, 0.15) is 17.4 Å². The number of rotatable bonds is 4. The average Bonchev–Trinajstić information content (AvgIpc) is 2.98. The molecule has 5 nitrogen and oxygen atoms in total. The number of carbonyl (C=O) groups is 1. The lowest BCUT2D eigenvalue weighted by Gasteiger charge is -2.23. The van der Waals surface area contributed by atoms with Gasteiger partial charge in [-0.05, 0) is 18.2 Å². The molecule has 30 heavy (non-hydrogen) atoms. The van der Waals surface area contributed by atoms with Crippen LogP contribution in [0.25, 0.3) is 16.9 Å². The molecule has 2 heterocycles. The van der Waals surface area contributed by atoms with E-state index in [1.807, 2.05) is 0 Å². The van der Waals surface area contributed by atoms with Crippen molar-refractivity contribution in [2.75, 3.05) is 19.7 Å². The Hall–Kier alpha value is -2.64. The van der Waals surface area contributed by atoms with Crippen molar-refractivity contribution in [3.63, 3.8) is 0 Å². The van der Waals surface area contributed by atoms with Crippen molar-refractivity contribution in [2.24, 2.45) is 0 Å². The fourth-order valence-electron chi connectivity index (χ4n) is 3.36. The molecule has 0 saturated carbocycles. The van der Waals surface area contributed by atoms with Gasteiger partial charge in [0, 0.05) is 12.5 Å². The van der Waals surface area contributed by atoms with E-state index in [2.05, 4.69) is 5.10 Å². The molecular formula is C21H17Cl2F2N3O2. The molecule has 3 aromatic rings. The molecule has 0 aliphatic carbocycles. The molecule has 1 aliphatic rings. The molecule has 0 unspecified atom stereocenters. The van der Waals surface area contributed by atoms with Gasteiger partial charge >= 0.3 is 0 Å². The number of halogens is 4. The smallest absolute Gasteiger partial charge is 0.278 e. The van der Waals surface area contributed by atoms with Gasteiger partial charge in [-0.25, -0.2) is 13.5 Å². The first-order valence-electron chi connectivity index (χ1n) is 9.19. The third kappa shape index (κ3) is 3.87. The summed E-state index contributed by atoms with van der Waals surface area (Å²) in [5.41, 5.74) is 1.45. The fourth-order valence-corrected chi connectivity index (χ4v) is 3.80. The molecule has 4 rings (SSSR count). The number of para-hydroxylation sites is 1. The number of fused-ring (bicyclic) bond motifs is 1. The van der Waals surface area contributed by atoms with Crippen LogP contribution in [0.15, 0.2) is 48.5 Å². The van der Waals surface area contributed by atoms with E-state index >= 15 is 0 Å². The van der Waals surface area contributed by atoms with Crippen LogP contribution in [0.4, 0.5) is 8.78 Å². The molecule has 9 heteroatoms. The summed E-state index contributed by atoms with van der Waals surface area (Å²) in [5.74, 6) is -3.49. The third-order valence-electron chi connectivity index (χ3n) is 4.62. The predicted molar refractivity (Wildman–Crippen MR) is 111 cm³/mol. The first kappa shape index (κ1) is 20.6. The van der Waals surface area contributed by atoms with Gasteiger partial charge in [-0.15, -0.1) is 0 Å². The second-order valence-electron chi connectivity index (χ2n) is 7.01. The van der Waals surface area contributed by atoms with E-state index in [0.717, 1.165) is 11.8 Å². The van der Waals surface area contributed by atoms with E-state index in [9.17, 15) is 13.6 Å². The van der Waals surface area contributed by atoms with Gasteiger partial charge in [0.25, 0.3) is 11.8 Å². The summed E-state index contributed by atoms with van der Waals surface area (Å²) in [6.07, 6.45) is 0. The van der Waals surface area contributed by atoms with Crippen molar-refractivity contribution < 1.29 is 18.3 Å². The van der Waals surface area contributed by atoms with Gasteiger partial charge in [0.1, 0.15) is 12.3 Å². The number of hydrogen-bond acceptors (Lipinski definition) is 3. The average molecular weight is 452 g/mol. The largest absolute Gasteiger partial charge is 0.487 e. The Kier molecular flexibility index (Phi) is 5.42. The van der Waals surface area contributed by atoms with Crippen molar-refractivity contribution in [3.05, 3.63) is 64.3 Å². The summed E-state index contributed by atoms with van der Waals surface area (Å²) in [4.78, 5) is 14.1. The standard InChI is InChI=1S/C21H17Cl2F2N3O2/c1-21(24,25)12-27-10-11-30-19-17(20(27)29)26-28(16-9-5-4-8-15(16)23)18(19)13-6-2-3-7-14(13)22/h2-9H,10-12H2,1H3. The summed E-state index contributed by atoms with van der Waals surface area (Å²) in [5, 5.41) is 5.25. The highest BCUT2D eigenvalue weighted by atomic mass is 35.5. The van der Waals surface area contributed by atoms with Gasteiger partial charge in [0.15, 0.2) is 11.4 Å². The van der Waals surface area contributed by atoms with Crippen LogP contribution in [0.2, 0.25) is 10.0 Å². The SMILES string of the molecule is CC(F)(F)CN1CCOc2c(nn(-c3ccccc3Cl)c2-c2ccccc2Cl)C1=O. The number of ether oxygens (including phenoxy) is 1. The Morgan fingerprint density at radius 2 is 1.77 bits per heavy atom. The van der Waals surface area contributed by atoms with E-state index in [0.29, 0.717) is 27.0 Å². The number of hydrogen-bond donors (Lipinski definition) is 0. The Balaban J connectivity index is 1.94. The van der Waals surface area contributed by atoms with Gasteiger partial charge in [-0.2, -0.15) is 5.10 Å². The Morgan fingerprint density at radius 3 is 2.43 bits per heavy atom. The van der Waals surface area contributed by atoms with Crippen molar-refractivity contribution in [3.8, 4) is 22.7 Å². The molecule has 0 spiro atoms. The minimum Gasteiger partial charge on any atom is -0.487 e. The van der Waals surface area contributed by atoms with Crippen molar-refractivity contribution in [1.29, 1.82) is 0 Å². The van der Waals surface area contributed by atoms with E-state index in [1.54, 1.807) is 48.5 Å². The van der Waals surface area contributed by atoms with Crippen LogP contribution in [0.3, 0.4) is 0 Å². The zero-order chi connectivity index (χ0) is 21.5. The van der Waals surface area contributed by atoms with E-state index in [4.69, 9.17) is 27.9 Å². The second-order valence-corrected chi connectivity index (χ2v) is 7.83. The lowest BCUT2D eigenvalue weighted by Crippen LogP contribution is -2.40. The second kappa shape index (κ2) is 7.89. The highest BCUT2D eigenvalue weighted by molar-refractivity contribution is 6.33. The molecule has 0 fully saturated rings. The number of nitrogens with zero attached hydrogens (tertiary/aromatic N) is 3. The van der Waals surface area contributed by atoms with Crippen LogP contribution in [-0.4, -0.2) is 46.2 Å². The maximum Gasteiger partial charge on any atom is 0.278 e. The predicted octanol–water partition coefficient (Wildman–Crippen LogP) is 5.34. The normalized spacial score (nSPS) is 14.3. The number of carbonyl (C=O) groups excluding carboxylic acids is 1. The number of benzene rings is 2. The van der Waals surface area contributed by atoms with Gasteiger partial charge in [-0.1, -0.05) is 53.5 Å². The lowest BCUT2D eigenvalue weighted by molar-refractivity contribution is -0.0119. The highest BCUT2D eigenvalue weighted by Gasteiger charge is 2.36. The molecule has 1 aliphatic heterocycles. The summed E-state index contributed by atoms with van der Waals surface area (Å²) < 4.78 is 34.6. The third-order valence-corrected chi connectivity index (χ3v) is 5.27. The Morgan fingerprint density at radius 1 is 1.10 bits per heavy atom. The lowest BCUT2D eigenvalue weighted by atomic mass is 10.1. The zero-order valence-corrected chi connectivity index (χ0v) is 17.4. The molecular weight excluding hydrogens is 435 g/mol. The van der Waals surface area contributed by atoms with Crippen LogP contribution in [0.5, 0.6) is 5.75 Å². The zero-order valence-electron chi connectivity index (χ0n) is 15.9. The maximum absolute atomic E-state index is 13.6. The summed E-state index contributed by atoms with van der Waals surface area (Å²) in [7, 11) is 0. The fraction of sp³-hybridized carbons (Fsp3) is 0.238. The summed E-state index contributed by atoms with van der Waals surface area (Å²) in [6.45, 7) is 0.104. The minimum absolute atomic E-state index is 0.0205. The van der Waals surface area contributed by atoms with Gasteiger partial charge in [0.2, 0.25) is 0 Å². The molecule has 0 bridgehead atoms. The van der Waals surface area contributed by atoms with Crippen molar-refractivity contribution in [2.45, 2.75) is 12.8 Å². The molecule has 1 aromatic heterocycles. The van der Waals surface area contributed by atoms with E-state index in [1.165, 1.54) is 4.68 Å². The van der Waals surface area contributed by atoms with Crippen LogP contribution in [0, 0.1) is 0 Å². The van der Waals surface area contributed by atoms with Crippen LogP contribution < -0.4 is 4.74 Å². The van der Waals surface area contributed by atoms with Crippen LogP contribution >= 0.6 is 23.2 Å². The molecule has 1 amide bonds. The van der Waals surface area contributed by atoms with Crippen molar-refractivity contribution in [1.82, 2.24) is 14.7 Å². The Labute approximate surface area is 181 Å². The first-order chi connectivity index (χ1) is 14.3. The summed E-state index contributed by atoms with van der Waals surface area (Å²) in [6, 6.07) is 14.0. The van der Waals surface area contributed by atoms with Crippen LogP contribution in [-0.2, 0) is 0 Å².